The van der Waals surface area contributed by atoms with Gasteiger partial charge in [-0.3, -0.25) is 0 Å². The SMILES string of the molecule is CSC/C(=N/OCc1cccc(Oc2ccccc2)c1)c1ccc(Cl)cc1. The number of halogens is 1. The highest BCUT2D eigenvalue weighted by molar-refractivity contribution is 7.99. The predicted molar refractivity (Wildman–Crippen MR) is 114 cm³/mol. The maximum atomic E-state index is 5.96. The van der Waals surface area contributed by atoms with Gasteiger partial charge in [0.15, 0.2) is 0 Å². The van der Waals surface area contributed by atoms with Gasteiger partial charge in [-0.2, -0.15) is 11.8 Å². The molecule has 0 saturated carbocycles. The molecule has 0 aromatic heterocycles. The third-order valence-corrected chi connectivity index (χ3v) is 4.56. The Hall–Kier alpha value is -2.43. The Kier molecular flexibility index (Phi) is 7.19. The van der Waals surface area contributed by atoms with Crippen molar-refractivity contribution in [3.63, 3.8) is 0 Å². The van der Waals surface area contributed by atoms with Crippen molar-refractivity contribution in [1.82, 2.24) is 0 Å². The number of nitrogens with zero attached hydrogens (tertiary/aromatic N) is 1. The fraction of sp³-hybridized carbons (Fsp3) is 0.136. The Morgan fingerprint density at radius 3 is 2.41 bits per heavy atom. The number of benzene rings is 3. The van der Waals surface area contributed by atoms with Crippen molar-refractivity contribution >= 4 is 29.1 Å². The van der Waals surface area contributed by atoms with E-state index in [-0.39, 0.29) is 0 Å². The van der Waals surface area contributed by atoms with Crippen molar-refractivity contribution in [3.8, 4) is 11.5 Å². The third-order valence-electron chi connectivity index (χ3n) is 3.74. The molecule has 0 saturated heterocycles. The molecule has 3 nitrogen and oxygen atoms in total. The lowest BCUT2D eigenvalue weighted by Crippen LogP contribution is -2.05. The highest BCUT2D eigenvalue weighted by Crippen LogP contribution is 2.22. The summed E-state index contributed by atoms with van der Waals surface area (Å²) in [5, 5.41) is 5.04. The van der Waals surface area contributed by atoms with Crippen LogP contribution in [-0.4, -0.2) is 17.7 Å². The zero-order valence-corrected chi connectivity index (χ0v) is 16.5. The zero-order chi connectivity index (χ0) is 18.9. The average Bonchev–Trinajstić information content (AvgIpc) is 2.69. The molecule has 0 aliphatic carbocycles. The summed E-state index contributed by atoms with van der Waals surface area (Å²) in [5.74, 6) is 2.34. The molecule has 5 heteroatoms. The van der Waals surface area contributed by atoms with E-state index in [2.05, 4.69) is 5.16 Å². The molecule has 0 spiro atoms. The monoisotopic (exact) mass is 397 g/mol. The lowest BCUT2D eigenvalue weighted by Gasteiger charge is -2.08. The fourth-order valence-electron chi connectivity index (χ4n) is 2.45. The molecule has 0 radical (unpaired) electrons. The van der Waals surface area contributed by atoms with Crippen LogP contribution < -0.4 is 4.74 Å². The molecule has 0 N–H and O–H groups in total. The van der Waals surface area contributed by atoms with Crippen LogP contribution in [0.15, 0.2) is 84.0 Å². The molecule has 0 atom stereocenters. The second-order valence-corrected chi connectivity index (χ2v) is 7.12. The summed E-state index contributed by atoms with van der Waals surface area (Å²) in [6.07, 6.45) is 2.04. The smallest absolute Gasteiger partial charge is 0.142 e. The minimum atomic E-state index is 0.372. The summed E-state index contributed by atoms with van der Waals surface area (Å²) >= 11 is 7.66. The maximum absolute atomic E-state index is 5.96. The van der Waals surface area contributed by atoms with Crippen LogP contribution in [0.4, 0.5) is 0 Å². The van der Waals surface area contributed by atoms with Gasteiger partial charge in [-0.15, -0.1) is 0 Å². The van der Waals surface area contributed by atoms with Crippen LogP contribution in [0.25, 0.3) is 0 Å². The molecule has 138 valence electrons. The van der Waals surface area contributed by atoms with E-state index in [4.69, 9.17) is 21.2 Å². The van der Waals surface area contributed by atoms with Crippen LogP contribution in [0.3, 0.4) is 0 Å². The molecule has 0 aliphatic heterocycles. The van der Waals surface area contributed by atoms with E-state index in [1.165, 1.54) is 0 Å². The zero-order valence-electron chi connectivity index (χ0n) is 15.0. The molecule has 3 rings (SSSR count). The fourth-order valence-corrected chi connectivity index (χ4v) is 3.07. The quantitative estimate of drug-likeness (QED) is 0.324. The van der Waals surface area contributed by atoms with Gasteiger partial charge in [-0.1, -0.05) is 59.2 Å². The number of thioether (sulfide) groups is 1. The van der Waals surface area contributed by atoms with Gasteiger partial charge >= 0.3 is 0 Å². The number of hydrogen-bond donors (Lipinski definition) is 0. The Morgan fingerprint density at radius 1 is 0.926 bits per heavy atom. The van der Waals surface area contributed by atoms with Crippen molar-refractivity contribution in [1.29, 1.82) is 0 Å². The normalized spacial score (nSPS) is 11.3. The van der Waals surface area contributed by atoms with Gasteiger partial charge in [0.2, 0.25) is 0 Å². The molecule has 0 amide bonds. The topological polar surface area (TPSA) is 30.8 Å². The number of oxime groups is 1. The van der Waals surface area contributed by atoms with Crippen molar-refractivity contribution in [3.05, 3.63) is 95.0 Å². The average molecular weight is 398 g/mol. The number of para-hydroxylation sites is 1. The predicted octanol–water partition coefficient (Wildman–Crippen LogP) is 6.42. The first-order valence-corrected chi connectivity index (χ1v) is 10.3. The molecule has 0 unspecified atom stereocenters. The molecule has 27 heavy (non-hydrogen) atoms. The van der Waals surface area contributed by atoms with Gasteiger partial charge in [0, 0.05) is 16.3 Å². The second kappa shape index (κ2) is 10.0. The van der Waals surface area contributed by atoms with Crippen molar-refractivity contribution < 1.29 is 9.57 Å². The van der Waals surface area contributed by atoms with Crippen LogP contribution in [0, 0.1) is 0 Å². The van der Waals surface area contributed by atoms with E-state index in [1.54, 1.807) is 11.8 Å². The molecular weight excluding hydrogens is 378 g/mol. The van der Waals surface area contributed by atoms with Crippen LogP contribution in [0.1, 0.15) is 11.1 Å². The summed E-state index contributed by atoms with van der Waals surface area (Å²) < 4.78 is 5.86. The minimum absolute atomic E-state index is 0.372. The summed E-state index contributed by atoms with van der Waals surface area (Å²) in [6, 6.07) is 25.1. The van der Waals surface area contributed by atoms with Crippen LogP contribution in [-0.2, 0) is 11.4 Å². The lowest BCUT2D eigenvalue weighted by molar-refractivity contribution is 0.130. The van der Waals surface area contributed by atoms with Crippen molar-refractivity contribution in [2.75, 3.05) is 12.0 Å². The van der Waals surface area contributed by atoms with Crippen molar-refractivity contribution in [2.24, 2.45) is 5.16 Å². The lowest BCUT2D eigenvalue weighted by atomic mass is 10.1. The maximum Gasteiger partial charge on any atom is 0.142 e. The Morgan fingerprint density at radius 2 is 1.67 bits per heavy atom. The highest BCUT2D eigenvalue weighted by atomic mass is 35.5. The van der Waals surface area contributed by atoms with E-state index in [0.717, 1.165) is 34.1 Å². The summed E-state index contributed by atoms with van der Waals surface area (Å²) in [4.78, 5) is 5.61. The molecule has 3 aromatic carbocycles. The molecule has 0 fully saturated rings. The first-order chi connectivity index (χ1) is 13.2. The largest absolute Gasteiger partial charge is 0.457 e. The van der Waals surface area contributed by atoms with Gasteiger partial charge in [0.25, 0.3) is 0 Å². The summed E-state index contributed by atoms with van der Waals surface area (Å²) in [6.45, 7) is 0.372. The standard InChI is InChI=1S/C22H20ClNO2S/c1-27-16-22(18-10-12-19(23)13-11-18)24-25-15-17-6-5-9-21(14-17)26-20-7-3-2-4-8-20/h2-14H,15-16H2,1H3/b24-22-. The van der Waals surface area contributed by atoms with Gasteiger partial charge < -0.3 is 9.57 Å². The van der Waals surface area contributed by atoms with Crippen LogP contribution in [0.5, 0.6) is 11.5 Å². The Labute approximate surface area is 169 Å². The van der Waals surface area contributed by atoms with Gasteiger partial charge in [0.05, 0.1) is 5.71 Å². The van der Waals surface area contributed by atoms with E-state index >= 15 is 0 Å². The van der Waals surface area contributed by atoms with E-state index in [9.17, 15) is 0 Å². The van der Waals surface area contributed by atoms with Gasteiger partial charge in [0.1, 0.15) is 18.1 Å². The molecular formula is C22H20ClNO2S. The summed E-state index contributed by atoms with van der Waals surface area (Å²) in [7, 11) is 0. The van der Waals surface area contributed by atoms with Crippen LogP contribution in [0.2, 0.25) is 5.02 Å². The van der Waals surface area contributed by atoms with E-state index < -0.39 is 0 Å². The number of ether oxygens (including phenoxy) is 1. The number of rotatable bonds is 8. The highest BCUT2D eigenvalue weighted by Gasteiger charge is 2.05. The molecule has 0 heterocycles. The third kappa shape index (κ3) is 6.05. The summed E-state index contributed by atoms with van der Waals surface area (Å²) in [5.41, 5.74) is 2.89. The van der Waals surface area contributed by atoms with Gasteiger partial charge in [-0.05, 0) is 48.2 Å². The van der Waals surface area contributed by atoms with E-state index in [1.807, 2.05) is 85.1 Å². The second-order valence-electron chi connectivity index (χ2n) is 5.81. The minimum Gasteiger partial charge on any atom is -0.457 e. The first kappa shape index (κ1) is 19.3. The molecule has 3 aromatic rings. The Balaban J connectivity index is 1.65. The Bertz CT molecular complexity index is 882. The first-order valence-electron chi connectivity index (χ1n) is 8.50. The van der Waals surface area contributed by atoms with Gasteiger partial charge in [-0.25, -0.2) is 0 Å². The van der Waals surface area contributed by atoms with E-state index in [0.29, 0.717) is 11.6 Å². The molecule has 0 aliphatic rings. The van der Waals surface area contributed by atoms with Crippen molar-refractivity contribution in [2.45, 2.75) is 6.61 Å². The molecule has 0 bridgehead atoms. The number of hydrogen-bond acceptors (Lipinski definition) is 4. The van der Waals surface area contributed by atoms with Crippen LogP contribution >= 0.6 is 23.4 Å².